The van der Waals surface area contributed by atoms with Gasteiger partial charge in [0.05, 0.1) is 24.9 Å². The number of rotatable bonds is 3. The van der Waals surface area contributed by atoms with Gasteiger partial charge in [-0.25, -0.2) is 4.79 Å². The van der Waals surface area contributed by atoms with Gasteiger partial charge in [0.15, 0.2) is 0 Å². The molecule has 3 rings (SSSR count). The molecule has 4 nitrogen and oxygen atoms in total. The van der Waals surface area contributed by atoms with Crippen LogP contribution >= 0.6 is 0 Å². The molecule has 1 aromatic rings. The number of methoxy groups -OCH3 is 1. The molecule has 22 heavy (non-hydrogen) atoms. The molecule has 0 amide bonds. The molecule has 120 valence electrons. The standard InChI is InChI=1S/C18H24O4/c1-21-18(20)15-8-6-12-10-14(7-5-13(12)11-15)17(19)16-4-2-3-9-22-16/h6,8,11,14,16-17,19H,2-5,7,9-10H2,1H3. The largest absolute Gasteiger partial charge is 0.465 e. The molecule has 3 unspecified atom stereocenters. The lowest BCUT2D eigenvalue weighted by molar-refractivity contribution is -0.0849. The zero-order valence-corrected chi connectivity index (χ0v) is 13.1. The molecule has 1 N–H and O–H groups in total. The second kappa shape index (κ2) is 6.80. The molecule has 1 aliphatic heterocycles. The van der Waals surface area contributed by atoms with Crippen LogP contribution in [0.25, 0.3) is 0 Å². The van der Waals surface area contributed by atoms with Gasteiger partial charge in [-0.15, -0.1) is 0 Å². The Bertz CT molecular complexity index is 534. The third kappa shape index (κ3) is 3.18. The van der Waals surface area contributed by atoms with Crippen molar-refractivity contribution in [1.82, 2.24) is 0 Å². The van der Waals surface area contributed by atoms with E-state index < -0.39 is 0 Å². The summed E-state index contributed by atoms with van der Waals surface area (Å²) in [6, 6.07) is 5.75. The molecule has 0 spiro atoms. The molecule has 1 aliphatic carbocycles. The van der Waals surface area contributed by atoms with Crippen molar-refractivity contribution >= 4 is 5.97 Å². The van der Waals surface area contributed by atoms with Crippen molar-refractivity contribution < 1.29 is 19.4 Å². The lowest BCUT2D eigenvalue weighted by Crippen LogP contribution is -2.40. The summed E-state index contributed by atoms with van der Waals surface area (Å²) < 4.78 is 10.5. The van der Waals surface area contributed by atoms with Gasteiger partial charge in [-0.1, -0.05) is 6.07 Å². The maximum Gasteiger partial charge on any atom is 0.337 e. The van der Waals surface area contributed by atoms with Gasteiger partial charge < -0.3 is 14.6 Å². The Hall–Kier alpha value is -1.39. The van der Waals surface area contributed by atoms with E-state index in [9.17, 15) is 9.90 Å². The maximum absolute atomic E-state index is 11.6. The van der Waals surface area contributed by atoms with Gasteiger partial charge in [-0.3, -0.25) is 0 Å². The minimum atomic E-state index is -0.381. The zero-order chi connectivity index (χ0) is 15.5. The fraction of sp³-hybridized carbons (Fsp3) is 0.611. The number of fused-ring (bicyclic) bond motifs is 1. The number of esters is 1. The highest BCUT2D eigenvalue weighted by molar-refractivity contribution is 5.89. The molecule has 0 bridgehead atoms. The van der Waals surface area contributed by atoms with Gasteiger partial charge in [0.1, 0.15) is 0 Å². The van der Waals surface area contributed by atoms with Crippen LogP contribution in [0.2, 0.25) is 0 Å². The molecular formula is C18H24O4. The first-order valence-electron chi connectivity index (χ1n) is 8.19. The summed E-state index contributed by atoms with van der Waals surface area (Å²) in [6.07, 6.45) is 5.53. The number of hydrogen-bond acceptors (Lipinski definition) is 4. The molecule has 3 atom stereocenters. The molecule has 0 saturated carbocycles. The van der Waals surface area contributed by atoms with Crippen LogP contribution in [0.1, 0.15) is 47.2 Å². The van der Waals surface area contributed by atoms with Crippen molar-refractivity contribution in [3.8, 4) is 0 Å². The van der Waals surface area contributed by atoms with Crippen LogP contribution in [-0.2, 0) is 22.3 Å². The monoisotopic (exact) mass is 304 g/mol. The highest BCUT2D eigenvalue weighted by Crippen LogP contribution is 2.32. The van der Waals surface area contributed by atoms with Gasteiger partial charge in [0, 0.05) is 6.61 Å². The average molecular weight is 304 g/mol. The van der Waals surface area contributed by atoms with E-state index in [1.54, 1.807) is 0 Å². The topological polar surface area (TPSA) is 55.8 Å². The number of aliphatic hydroxyl groups excluding tert-OH is 1. The molecule has 0 aromatic heterocycles. The summed E-state index contributed by atoms with van der Waals surface area (Å²) in [4.78, 5) is 11.6. The minimum Gasteiger partial charge on any atom is -0.465 e. The SMILES string of the molecule is COC(=O)c1ccc2c(c1)CCC(C(O)C1CCCCO1)C2. The lowest BCUT2D eigenvalue weighted by atomic mass is 9.78. The van der Waals surface area contributed by atoms with Crippen LogP contribution in [0.3, 0.4) is 0 Å². The number of aliphatic hydroxyl groups is 1. The fourth-order valence-electron chi connectivity index (χ4n) is 3.66. The lowest BCUT2D eigenvalue weighted by Gasteiger charge is -2.35. The van der Waals surface area contributed by atoms with Gasteiger partial charge in [-0.05, 0) is 67.7 Å². The first-order valence-corrected chi connectivity index (χ1v) is 8.19. The summed E-state index contributed by atoms with van der Waals surface area (Å²) in [5.41, 5.74) is 3.05. The van der Waals surface area contributed by atoms with Gasteiger partial charge >= 0.3 is 5.97 Å². The summed E-state index contributed by atoms with van der Waals surface area (Å²) in [7, 11) is 1.40. The van der Waals surface area contributed by atoms with Crippen molar-refractivity contribution in [1.29, 1.82) is 0 Å². The molecule has 4 heteroatoms. The van der Waals surface area contributed by atoms with E-state index >= 15 is 0 Å². The van der Waals surface area contributed by atoms with Crippen LogP contribution in [0.5, 0.6) is 0 Å². The number of carbonyl (C=O) groups excluding carboxylic acids is 1. The van der Waals surface area contributed by atoms with E-state index in [1.165, 1.54) is 18.2 Å². The van der Waals surface area contributed by atoms with E-state index in [4.69, 9.17) is 9.47 Å². The summed E-state index contributed by atoms with van der Waals surface area (Å²) in [6.45, 7) is 0.771. The minimum absolute atomic E-state index is 0.00496. The van der Waals surface area contributed by atoms with Crippen molar-refractivity contribution in [2.75, 3.05) is 13.7 Å². The van der Waals surface area contributed by atoms with Crippen molar-refractivity contribution in [2.45, 2.75) is 50.7 Å². The highest BCUT2D eigenvalue weighted by Gasteiger charge is 2.32. The first-order chi connectivity index (χ1) is 10.7. The van der Waals surface area contributed by atoms with Gasteiger partial charge in [0.25, 0.3) is 0 Å². The molecule has 1 heterocycles. The number of hydrogen-bond donors (Lipinski definition) is 1. The predicted octanol–water partition coefficient (Wildman–Crippen LogP) is 2.51. The fourth-order valence-corrected chi connectivity index (χ4v) is 3.66. The van der Waals surface area contributed by atoms with E-state index in [1.807, 2.05) is 18.2 Å². The first kappa shape index (κ1) is 15.5. The second-order valence-corrected chi connectivity index (χ2v) is 6.37. The van der Waals surface area contributed by atoms with Crippen LogP contribution in [-0.4, -0.2) is 37.0 Å². The Kier molecular flexibility index (Phi) is 4.79. The maximum atomic E-state index is 11.6. The molecule has 1 fully saturated rings. The number of ether oxygens (including phenoxy) is 2. The molecular weight excluding hydrogens is 280 g/mol. The van der Waals surface area contributed by atoms with Crippen LogP contribution in [0, 0.1) is 5.92 Å². The Morgan fingerprint density at radius 3 is 2.91 bits per heavy atom. The summed E-state index contributed by atoms with van der Waals surface area (Å²) in [5.74, 6) is -0.0415. The summed E-state index contributed by atoms with van der Waals surface area (Å²) in [5, 5.41) is 10.6. The quantitative estimate of drug-likeness (QED) is 0.872. The number of aryl methyl sites for hydroxylation is 1. The normalized spacial score (nSPS) is 26.1. The Labute approximate surface area is 131 Å². The van der Waals surface area contributed by atoms with Crippen LogP contribution in [0.4, 0.5) is 0 Å². The van der Waals surface area contributed by atoms with E-state index in [0.717, 1.165) is 45.1 Å². The van der Waals surface area contributed by atoms with E-state index in [2.05, 4.69) is 0 Å². The molecule has 2 aliphatic rings. The average Bonchev–Trinajstić information content (AvgIpc) is 2.60. The van der Waals surface area contributed by atoms with E-state index in [0.29, 0.717) is 5.56 Å². The Morgan fingerprint density at radius 1 is 1.32 bits per heavy atom. The zero-order valence-electron chi connectivity index (χ0n) is 13.1. The second-order valence-electron chi connectivity index (χ2n) is 6.37. The van der Waals surface area contributed by atoms with Gasteiger partial charge in [-0.2, -0.15) is 0 Å². The van der Waals surface area contributed by atoms with Crippen molar-refractivity contribution in [3.05, 3.63) is 34.9 Å². The Morgan fingerprint density at radius 2 is 2.18 bits per heavy atom. The number of benzene rings is 1. The molecule has 1 aromatic carbocycles. The van der Waals surface area contributed by atoms with E-state index in [-0.39, 0.29) is 24.1 Å². The third-order valence-corrected chi connectivity index (χ3v) is 4.97. The van der Waals surface area contributed by atoms with Crippen LogP contribution in [0.15, 0.2) is 18.2 Å². The molecule has 1 saturated heterocycles. The summed E-state index contributed by atoms with van der Waals surface area (Å²) >= 11 is 0. The van der Waals surface area contributed by atoms with Crippen LogP contribution < -0.4 is 0 Å². The number of carbonyl (C=O) groups is 1. The van der Waals surface area contributed by atoms with Gasteiger partial charge in [0.2, 0.25) is 0 Å². The smallest absolute Gasteiger partial charge is 0.337 e. The third-order valence-electron chi connectivity index (χ3n) is 4.97. The predicted molar refractivity (Wildman–Crippen MR) is 82.9 cm³/mol. The van der Waals surface area contributed by atoms with Crippen molar-refractivity contribution in [2.24, 2.45) is 5.92 Å². The Balaban J connectivity index is 1.69. The highest BCUT2D eigenvalue weighted by atomic mass is 16.5. The molecule has 0 radical (unpaired) electrons. The van der Waals surface area contributed by atoms with Crippen molar-refractivity contribution in [3.63, 3.8) is 0 Å².